The van der Waals surface area contributed by atoms with Crippen LogP contribution in [-0.4, -0.2) is 36.3 Å². The molecule has 0 bridgehead atoms. The highest BCUT2D eigenvalue weighted by Crippen LogP contribution is 2.11. The molecule has 2 rings (SSSR count). The molecule has 1 heterocycles. The Balaban J connectivity index is 1.83. The second-order valence-corrected chi connectivity index (χ2v) is 4.77. The second-order valence-electron chi connectivity index (χ2n) is 4.77. The van der Waals surface area contributed by atoms with Crippen LogP contribution in [0.3, 0.4) is 0 Å². The average molecular weight is 292 g/mol. The average Bonchev–Trinajstić information content (AvgIpc) is 2.54. The van der Waals surface area contributed by atoms with Crippen molar-refractivity contribution in [2.45, 2.75) is 32.4 Å². The zero-order valence-corrected chi connectivity index (χ0v) is 12.1. The third-order valence-electron chi connectivity index (χ3n) is 3.18. The Kier molecular flexibility index (Phi) is 5.57. The molecule has 114 valence electrons. The van der Waals surface area contributed by atoms with Gasteiger partial charge in [-0.15, -0.1) is 0 Å². The molecule has 6 nitrogen and oxygen atoms in total. The first kappa shape index (κ1) is 15.3. The van der Waals surface area contributed by atoms with Gasteiger partial charge in [0.05, 0.1) is 6.61 Å². The lowest BCUT2D eigenvalue weighted by atomic mass is 10.1. The zero-order chi connectivity index (χ0) is 15.1. The predicted molar refractivity (Wildman–Crippen MR) is 76.1 cm³/mol. The first-order chi connectivity index (χ1) is 10.2. The number of hydrogen-bond donors (Lipinski definition) is 1. The number of nitrogens with one attached hydrogen (secondary N) is 1. The van der Waals surface area contributed by atoms with Gasteiger partial charge < -0.3 is 9.47 Å². The molecule has 1 atom stereocenters. The molecule has 0 unspecified atom stereocenters. The van der Waals surface area contributed by atoms with E-state index in [9.17, 15) is 9.59 Å². The SMILES string of the molecule is CCOC(=O)[C@@H]1CCCN(C(=O)OCc2ccccc2)N1. The smallest absolute Gasteiger partial charge is 0.424 e. The Morgan fingerprint density at radius 3 is 2.76 bits per heavy atom. The maximum Gasteiger partial charge on any atom is 0.424 e. The number of carbonyl (C=O) groups excluding carboxylic acids is 2. The van der Waals surface area contributed by atoms with Gasteiger partial charge >= 0.3 is 12.1 Å². The van der Waals surface area contributed by atoms with Gasteiger partial charge in [0.25, 0.3) is 0 Å². The highest BCUT2D eigenvalue weighted by atomic mass is 16.6. The number of nitrogens with zero attached hydrogens (tertiary/aromatic N) is 1. The Hall–Kier alpha value is -2.08. The van der Waals surface area contributed by atoms with Gasteiger partial charge in [0.1, 0.15) is 12.6 Å². The molecule has 1 aliphatic rings. The number of hydrazine groups is 1. The Morgan fingerprint density at radius 2 is 2.05 bits per heavy atom. The summed E-state index contributed by atoms with van der Waals surface area (Å²) in [6.45, 7) is 2.81. The third-order valence-corrected chi connectivity index (χ3v) is 3.18. The number of esters is 1. The molecule has 1 amide bonds. The van der Waals surface area contributed by atoms with E-state index in [0.717, 1.165) is 12.0 Å². The fourth-order valence-corrected chi connectivity index (χ4v) is 2.13. The van der Waals surface area contributed by atoms with Crippen molar-refractivity contribution in [1.82, 2.24) is 10.4 Å². The van der Waals surface area contributed by atoms with Gasteiger partial charge in [0.15, 0.2) is 0 Å². The summed E-state index contributed by atoms with van der Waals surface area (Å²) in [4.78, 5) is 23.7. The zero-order valence-electron chi connectivity index (χ0n) is 12.1. The molecular formula is C15H20N2O4. The third kappa shape index (κ3) is 4.46. The number of rotatable bonds is 4. The minimum atomic E-state index is -0.483. The molecule has 0 aromatic heterocycles. The first-order valence-corrected chi connectivity index (χ1v) is 7.11. The molecule has 1 saturated heterocycles. The number of carbonyl (C=O) groups is 2. The van der Waals surface area contributed by atoms with Gasteiger partial charge in [-0.05, 0) is 25.3 Å². The Labute approximate surface area is 124 Å². The maximum absolute atomic E-state index is 12.0. The van der Waals surface area contributed by atoms with Gasteiger partial charge in [-0.3, -0.25) is 4.79 Å². The van der Waals surface area contributed by atoms with Gasteiger partial charge in [-0.25, -0.2) is 15.2 Å². The minimum Gasteiger partial charge on any atom is -0.465 e. The summed E-state index contributed by atoms with van der Waals surface area (Å²) in [5, 5.41) is 1.34. The molecule has 6 heteroatoms. The molecule has 0 saturated carbocycles. The van der Waals surface area contributed by atoms with Crippen molar-refractivity contribution in [3.8, 4) is 0 Å². The summed E-state index contributed by atoms with van der Waals surface area (Å²) in [5.41, 5.74) is 3.78. The lowest BCUT2D eigenvalue weighted by Crippen LogP contribution is -2.55. The van der Waals surface area contributed by atoms with Crippen LogP contribution in [0.15, 0.2) is 30.3 Å². The molecule has 0 radical (unpaired) electrons. The molecule has 0 aliphatic carbocycles. The monoisotopic (exact) mass is 292 g/mol. The minimum absolute atomic E-state index is 0.210. The van der Waals surface area contributed by atoms with Crippen molar-refractivity contribution in [3.63, 3.8) is 0 Å². The van der Waals surface area contributed by atoms with E-state index >= 15 is 0 Å². The normalized spacial score (nSPS) is 18.1. The van der Waals surface area contributed by atoms with E-state index in [2.05, 4.69) is 5.43 Å². The van der Waals surface area contributed by atoms with Crippen LogP contribution >= 0.6 is 0 Å². The number of benzene rings is 1. The van der Waals surface area contributed by atoms with Crippen LogP contribution in [-0.2, 0) is 20.9 Å². The summed E-state index contributed by atoms with van der Waals surface area (Å²) in [5.74, 6) is -0.335. The Morgan fingerprint density at radius 1 is 1.29 bits per heavy atom. The molecule has 1 aliphatic heterocycles. The van der Waals surface area contributed by atoms with Crippen LogP contribution in [0.5, 0.6) is 0 Å². The van der Waals surface area contributed by atoms with Crippen LogP contribution in [0.4, 0.5) is 4.79 Å². The van der Waals surface area contributed by atoms with Crippen molar-refractivity contribution in [2.75, 3.05) is 13.2 Å². The maximum atomic E-state index is 12.0. The fourth-order valence-electron chi connectivity index (χ4n) is 2.13. The first-order valence-electron chi connectivity index (χ1n) is 7.11. The van der Waals surface area contributed by atoms with Gasteiger partial charge in [0, 0.05) is 6.54 Å². The van der Waals surface area contributed by atoms with Gasteiger partial charge in [-0.2, -0.15) is 0 Å². The van der Waals surface area contributed by atoms with E-state index in [1.54, 1.807) is 6.92 Å². The number of ether oxygens (including phenoxy) is 2. The number of amides is 1. The lowest BCUT2D eigenvalue weighted by Gasteiger charge is -2.31. The molecule has 21 heavy (non-hydrogen) atoms. The van der Waals surface area contributed by atoms with Crippen LogP contribution < -0.4 is 5.43 Å². The molecule has 1 aromatic rings. The number of hydrogen-bond acceptors (Lipinski definition) is 5. The second kappa shape index (κ2) is 7.64. The summed E-state index contributed by atoms with van der Waals surface area (Å²) in [6.07, 6.45) is 0.908. The van der Waals surface area contributed by atoms with Crippen molar-refractivity contribution < 1.29 is 19.1 Å². The van der Waals surface area contributed by atoms with E-state index in [0.29, 0.717) is 19.6 Å². The highest BCUT2D eigenvalue weighted by Gasteiger charge is 2.29. The van der Waals surface area contributed by atoms with E-state index in [1.807, 2.05) is 30.3 Å². The summed E-state index contributed by atoms with van der Waals surface area (Å²) >= 11 is 0. The lowest BCUT2D eigenvalue weighted by molar-refractivity contribution is -0.148. The van der Waals surface area contributed by atoms with E-state index < -0.39 is 12.1 Å². The molecule has 1 N–H and O–H groups in total. The van der Waals surface area contributed by atoms with E-state index in [1.165, 1.54) is 5.01 Å². The summed E-state index contributed by atoms with van der Waals surface area (Å²) in [7, 11) is 0. The molecular weight excluding hydrogens is 272 g/mol. The van der Waals surface area contributed by atoms with E-state index in [4.69, 9.17) is 9.47 Å². The van der Waals surface area contributed by atoms with Crippen LogP contribution in [0.2, 0.25) is 0 Å². The molecule has 1 fully saturated rings. The predicted octanol–water partition coefficient (Wildman–Crippen LogP) is 1.86. The van der Waals surface area contributed by atoms with E-state index in [-0.39, 0.29) is 12.6 Å². The molecule has 0 spiro atoms. The highest BCUT2D eigenvalue weighted by molar-refractivity contribution is 5.76. The largest absolute Gasteiger partial charge is 0.465 e. The van der Waals surface area contributed by atoms with Crippen molar-refractivity contribution in [3.05, 3.63) is 35.9 Å². The van der Waals surface area contributed by atoms with Crippen molar-refractivity contribution >= 4 is 12.1 Å². The van der Waals surface area contributed by atoms with Crippen LogP contribution in [0.25, 0.3) is 0 Å². The van der Waals surface area contributed by atoms with Crippen molar-refractivity contribution in [2.24, 2.45) is 0 Å². The molecule has 1 aromatic carbocycles. The van der Waals surface area contributed by atoms with Gasteiger partial charge in [0.2, 0.25) is 0 Å². The topological polar surface area (TPSA) is 67.9 Å². The summed E-state index contributed by atoms with van der Waals surface area (Å²) < 4.78 is 10.2. The van der Waals surface area contributed by atoms with Crippen LogP contribution in [0.1, 0.15) is 25.3 Å². The quantitative estimate of drug-likeness (QED) is 0.858. The van der Waals surface area contributed by atoms with Gasteiger partial charge in [-0.1, -0.05) is 30.3 Å². The summed E-state index contributed by atoms with van der Waals surface area (Å²) in [6, 6.07) is 8.97. The fraction of sp³-hybridized carbons (Fsp3) is 0.467. The van der Waals surface area contributed by atoms with Crippen LogP contribution in [0, 0.1) is 0 Å². The Bertz CT molecular complexity index is 478. The van der Waals surface area contributed by atoms with Crippen molar-refractivity contribution in [1.29, 1.82) is 0 Å². The standard InChI is InChI=1S/C15H20N2O4/c1-2-20-14(18)13-9-6-10-17(16-13)15(19)21-11-12-7-4-3-5-8-12/h3-5,7-8,13,16H,2,6,9-11H2,1H3/t13-/m0/s1.